The highest BCUT2D eigenvalue weighted by Gasteiger charge is 2.19. The maximum atomic E-state index is 4.44. The van der Waals surface area contributed by atoms with E-state index in [0.717, 1.165) is 18.1 Å². The van der Waals surface area contributed by atoms with Gasteiger partial charge in [0.1, 0.15) is 5.82 Å². The lowest BCUT2D eigenvalue weighted by atomic mass is 10.2. The topological polar surface area (TPSA) is 40.7 Å². The van der Waals surface area contributed by atoms with Crippen molar-refractivity contribution in [1.29, 1.82) is 0 Å². The molecule has 1 fully saturated rings. The van der Waals surface area contributed by atoms with E-state index in [1.807, 2.05) is 6.20 Å². The van der Waals surface area contributed by atoms with Crippen molar-refractivity contribution in [3.05, 3.63) is 28.8 Å². The molecule has 1 unspecified atom stereocenters. The molecule has 78 valence electrons. The van der Waals surface area contributed by atoms with E-state index in [-0.39, 0.29) is 0 Å². The second-order valence-corrected chi connectivity index (χ2v) is 4.62. The molecule has 0 aliphatic carbocycles. The maximum absolute atomic E-state index is 4.44. The van der Waals surface area contributed by atoms with Crippen molar-refractivity contribution in [2.24, 2.45) is 0 Å². The number of nitrogens with zero attached hydrogens (tertiary/aromatic N) is 1. The lowest BCUT2D eigenvalue weighted by Gasteiger charge is -2.04. The summed E-state index contributed by atoms with van der Waals surface area (Å²) in [5.74, 6) is 1.08. The van der Waals surface area contributed by atoms with E-state index in [9.17, 15) is 0 Å². The third-order valence-corrected chi connectivity index (χ3v) is 3.50. The van der Waals surface area contributed by atoms with Crippen molar-refractivity contribution in [2.45, 2.75) is 18.9 Å². The van der Waals surface area contributed by atoms with Gasteiger partial charge in [0, 0.05) is 10.9 Å². The van der Waals surface area contributed by atoms with Gasteiger partial charge < -0.3 is 10.3 Å². The maximum Gasteiger partial charge on any atom is 0.123 e. The first-order valence-electron chi connectivity index (χ1n) is 5.24. The fourth-order valence-corrected chi connectivity index (χ4v) is 2.65. The average molecular weight is 219 g/mol. The summed E-state index contributed by atoms with van der Waals surface area (Å²) in [5, 5.41) is 7.67. The minimum atomic E-state index is 0.428. The third kappa shape index (κ3) is 1.70. The Morgan fingerprint density at radius 2 is 2.47 bits per heavy atom. The van der Waals surface area contributed by atoms with E-state index in [4.69, 9.17) is 0 Å². The highest BCUT2D eigenvalue weighted by molar-refractivity contribution is 7.08. The van der Waals surface area contributed by atoms with Gasteiger partial charge >= 0.3 is 0 Å². The molecule has 2 N–H and O–H groups in total. The summed E-state index contributed by atoms with van der Waals surface area (Å²) in [7, 11) is 0. The minimum absolute atomic E-state index is 0.428. The molecule has 0 amide bonds. The predicted molar refractivity (Wildman–Crippen MR) is 61.9 cm³/mol. The zero-order chi connectivity index (χ0) is 10.1. The number of aromatic amines is 1. The van der Waals surface area contributed by atoms with Crippen LogP contribution in [-0.2, 0) is 0 Å². The summed E-state index contributed by atoms with van der Waals surface area (Å²) >= 11 is 1.71. The molecule has 0 saturated carbocycles. The first-order chi connectivity index (χ1) is 7.43. The molecule has 15 heavy (non-hydrogen) atoms. The van der Waals surface area contributed by atoms with Gasteiger partial charge in [-0.25, -0.2) is 4.98 Å². The summed E-state index contributed by atoms with van der Waals surface area (Å²) in [5.41, 5.74) is 2.36. The average Bonchev–Trinajstić information content (AvgIpc) is 3.02. The summed E-state index contributed by atoms with van der Waals surface area (Å²) < 4.78 is 0. The number of imidazole rings is 1. The van der Waals surface area contributed by atoms with Crippen molar-refractivity contribution < 1.29 is 0 Å². The normalized spacial score (nSPS) is 20.9. The Bertz CT molecular complexity index is 426. The Labute approximate surface area is 92.6 Å². The number of aromatic nitrogens is 2. The lowest BCUT2D eigenvalue weighted by Crippen LogP contribution is -2.14. The number of H-pyrrole nitrogens is 1. The monoisotopic (exact) mass is 219 g/mol. The van der Waals surface area contributed by atoms with Gasteiger partial charge in [-0.1, -0.05) is 0 Å². The summed E-state index contributed by atoms with van der Waals surface area (Å²) in [6, 6.07) is 2.54. The molecule has 1 saturated heterocycles. The lowest BCUT2D eigenvalue weighted by molar-refractivity contribution is 0.613. The summed E-state index contributed by atoms with van der Waals surface area (Å²) in [6.07, 6.45) is 4.37. The SMILES string of the molecule is c1cc(-c2cnc(C3CCCN3)[nH]2)cs1. The molecule has 2 aromatic rings. The molecular formula is C11H13N3S. The molecule has 0 aromatic carbocycles. The molecule has 1 atom stereocenters. The van der Waals surface area contributed by atoms with Gasteiger partial charge in [-0.2, -0.15) is 11.3 Å². The molecule has 0 bridgehead atoms. The van der Waals surface area contributed by atoms with E-state index in [1.54, 1.807) is 11.3 Å². The fourth-order valence-electron chi connectivity index (χ4n) is 2.00. The van der Waals surface area contributed by atoms with Crippen LogP contribution in [0.5, 0.6) is 0 Å². The smallest absolute Gasteiger partial charge is 0.123 e. The van der Waals surface area contributed by atoms with Crippen LogP contribution in [0.4, 0.5) is 0 Å². The molecule has 3 nitrogen and oxygen atoms in total. The molecule has 4 heteroatoms. The first kappa shape index (κ1) is 9.12. The summed E-state index contributed by atoms with van der Waals surface area (Å²) in [4.78, 5) is 7.83. The van der Waals surface area contributed by atoms with E-state index in [1.165, 1.54) is 18.4 Å². The number of nitrogens with one attached hydrogen (secondary N) is 2. The molecule has 1 aliphatic rings. The van der Waals surface area contributed by atoms with Crippen LogP contribution in [0.15, 0.2) is 23.0 Å². The molecule has 1 aliphatic heterocycles. The number of thiophene rings is 1. The molecule has 0 spiro atoms. The summed E-state index contributed by atoms with van der Waals surface area (Å²) in [6.45, 7) is 1.11. The van der Waals surface area contributed by atoms with Gasteiger partial charge in [-0.3, -0.25) is 0 Å². The van der Waals surface area contributed by atoms with Crippen molar-refractivity contribution >= 4 is 11.3 Å². The second kappa shape index (κ2) is 3.79. The molecule has 3 heterocycles. The van der Waals surface area contributed by atoms with Crippen LogP contribution in [0, 0.1) is 0 Å². The van der Waals surface area contributed by atoms with Gasteiger partial charge in [-0.15, -0.1) is 0 Å². The Kier molecular flexibility index (Phi) is 2.31. The van der Waals surface area contributed by atoms with Crippen LogP contribution in [0.1, 0.15) is 24.7 Å². The molecule has 0 radical (unpaired) electrons. The van der Waals surface area contributed by atoms with E-state index in [0.29, 0.717) is 6.04 Å². The minimum Gasteiger partial charge on any atom is -0.341 e. The zero-order valence-electron chi connectivity index (χ0n) is 8.36. The van der Waals surface area contributed by atoms with E-state index in [2.05, 4.69) is 32.1 Å². The van der Waals surface area contributed by atoms with Crippen LogP contribution < -0.4 is 5.32 Å². The number of rotatable bonds is 2. The standard InChI is InChI=1S/C11H13N3S/c1-2-9(12-4-1)11-13-6-10(14-11)8-3-5-15-7-8/h3,5-7,9,12H,1-2,4H2,(H,13,14). The van der Waals surface area contributed by atoms with E-state index < -0.39 is 0 Å². The van der Waals surface area contributed by atoms with Gasteiger partial charge in [-0.05, 0) is 30.8 Å². The Balaban J connectivity index is 1.87. The highest BCUT2D eigenvalue weighted by atomic mass is 32.1. The largest absolute Gasteiger partial charge is 0.341 e. The molecule has 3 rings (SSSR count). The van der Waals surface area contributed by atoms with Crippen molar-refractivity contribution in [2.75, 3.05) is 6.54 Å². The van der Waals surface area contributed by atoms with Crippen LogP contribution in [0.3, 0.4) is 0 Å². The van der Waals surface area contributed by atoms with Gasteiger partial charge in [0.2, 0.25) is 0 Å². The van der Waals surface area contributed by atoms with Gasteiger partial charge in [0.05, 0.1) is 17.9 Å². The Morgan fingerprint density at radius 1 is 1.47 bits per heavy atom. The Morgan fingerprint density at radius 3 is 3.20 bits per heavy atom. The molecule has 2 aromatic heterocycles. The van der Waals surface area contributed by atoms with Crippen LogP contribution in [0.2, 0.25) is 0 Å². The number of hydrogen-bond donors (Lipinski definition) is 2. The number of hydrogen-bond acceptors (Lipinski definition) is 3. The second-order valence-electron chi connectivity index (χ2n) is 3.84. The quantitative estimate of drug-likeness (QED) is 0.815. The first-order valence-corrected chi connectivity index (χ1v) is 6.18. The van der Waals surface area contributed by atoms with Gasteiger partial charge in [0.25, 0.3) is 0 Å². The predicted octanol–water partition coefficient (Wildman–Crippen LogP) is 2.56. The van der Waals surface area contributed by atoms with Crippen LogP contribution in [0.25, 0.3) is 11.3 Å². The van der Waals surface area contributed by atoms with E-state index >= 15 is 0 Å². The molecular weight excluding hydrogens is 206 g/mol. The Hall–Kier alpha value is -1.13. The third-order valence-electron chi connectivity index (χ3n) is 2.82. The van der Waals surface area contributed by atoms with Gasteiger partial charge in [0.15, 0.2) is 0 Å². The van der Waals surface area contributed by atoms with Crippen molar-refractivity contribution in [3.8, 4) is 11.3 Å². The fraction of sp³-hybridized carbons (Fsp3) is 0.364. The van der Waals surface area contributed by atoms with Crippen molar-refractivity contribution in [3.63, 3.8) is 0 Å². The zero-order valence-corrected chi connectivity index (χ0v) is 9.18. The van der Waals surface area contributed by atoms with Crippen LogP contribution >= 0.6 is 11.3 Å². The highest BCUT2D eigenvalue weighted by Crippen LogP contribution is 2.24. The van der Waals surface area contributed by atoms with Crippen LogP contribution in [-0.4, -0.2) is 16.5 Å². The van der Waals surface area contributed by atoms with Crippen molar-refractivity contribution in [1.82, 2.24) is 15.3 Å².